The molecular formula is C18H22ClN5O4. The van der Waals surface area contributed by atoms with Crippen molar-refractivity contribution in [2.45, 2.75) is 12.8 Å². The Morgan fingerprint density at radius 3 is 2.36 bits per heavy atom. The molecule has 0 fully saturated rings. The van der Waals surface area contributed by atoms with Gasteiger partial charge in [-0.1, -0.05) is 23.7 Å². The summed E-state index contributed by atoms with van der Waals surface area (Å²) < 4.78 is 14.5. The second-order valence-electron chi connectivity index (χ2n) is 6.31. The minimum Gasteiger partial charge on any atom is -0.354 e. The topological polar surface area (TPSA) is 92.3 Å². The molecule has 3 rings (SSSR count). The third-order valence-electron chi connectivity index (χ3n) is 4.55. The number of benzene rings is 1. The van der Waals surface area contributed by atoms with E-state index >= 15 is 0 Å². The van der Waals surface area contributed by atoms with E-state index in [0.29, 0.717) is 35.2 Å². The minimum absolute atomic E-state index is 0.302. The second-order valence-corrected chi connectivity index (χ2v) is 6.74. The maximum atomic E-state index is 12.8. The molecule has 0 unspecified atom stereocenters. The van der Waals surface area contributed by atoms with E-state index in [4.69, 9.17) is 21.1 Å². The van der Waals surface area contributed by atoms with Gasteiger partial charge < -0.3 is 14.8 Å². The van der Waals surface area contributed by atoms with Gasteiger partial charge in [0, 0.05) is 33.3 Å². The largest absolute Gasteiger partial charge is 0.354 e. The molecular weight excluding hydrogens is 386 g/mol. The molecule has 0 bridgehead atoms. The Morgan fingerprint density at radius 1 is 1.11 bits per heavy atom. The summed E-state index contributed by atoms with van der Waals surface area (Å²) in [6, 6.07) is 7.31. The number of imidazole rings is 1. The second kappa shape index (κ2) is 8.17. The van der Waals surface area contributed by atoms with E-state index in [-0.39, 0.29) is 0 Å². The Balaban J connectivity index is 2.15. The number of hydrogen-bond acceptors (Lipinski definition) is 6. The number of aryl methyl sites for hydroxylation is 1. The molecule has 1 aromatic carbocycles. The Labute approximate surface area is 166 Å². The van der Waals surface area contributed by atoms with Crippen molar-refractivity contribution in [3.63, 3.8) is 0 Å². The van der Waals surface area contributed by atoms with Gasteiger partial charge in [0.05, 0.1) is 13.1 Å². The van der Waals surface area contributed by atoms with Crippen LogP contribution < -0.4 is 16.6 Å². The molecule has 0 saturated heterocycles. The molecule has 0 saturated carbocycles. The van der Waals surface area contributed by atoms with Crippen LogP contribution in [-0.4, -0.2) is 45.7 Å². The predicted octanol–water partition coefficient (Wildman–Crippen LogP) is 1.17. The van der Waals surface area contributed by atoms with Crippen molar-refractivity contribution in [2.75, 3.05) is 26.1 Å². The van der Waals surface area contributed by atoms with Gasteiger partial charge in [-0.25, -0.2) is 4.79 Å². The first kappa shape index (κ1) is 20.1. The van der Waals surface area contributed by atoms with Crippen LogP contribution in [0, 0.1) is 0 Å². The summed E-state index contributed by atoms with van der Waals surface area (Å²) in [7, 11) is 6.10. The van der Waals surface area contributed by atoms with Crippen LogP contribution in [0.25, 0.3) is 11.2 Å². The Kier molecular flexibility index (Phi) is 5.87. The molecule has 0 aliphatic heterocycles. The fourth-order valence-electron chi connectivity index (χ4n) is 2.95. The average Bonchev–Trinajstić information content (AvgIpc) is 3.05. The molecule has 2 aromatic heterocycles. The van der Waals surface area contributed by atoms with Crippen LogP contribution in [0.15, 0.2) is 33.9 Å². The van der Waals surface area contributed by atoms with Crippen LogP contribution in [0.2, 0.25) is 5.02 Å². The van der Waals surface area contributed by atoms with Gasteiger partial charge in [-0.3, -0.25) is 18.5 Å². The number of rotatable bonds is 7. The highest BCUT2D eigenvalue weighted by Gasteiger charge is 2.20. The smallest absolute Gasteiger partial charge is 0.332 e. The highest BCUT2D eigenvalue weighted by molar-refractivity contribution is 6.30. The molecule has 1 N–H and O–H groups in total. The van der Waals surface area contributed by atoms with E-state index in [0.717, 1.165) is 10.1 Å². The molecule has 0 radical (unpaired) electrons. The number of nitrogens with zero attached hydrogens (tertiary/aromatic N) is 4. The average molecular weight is 408 g/mol. The zero-order valence-electron chi connectivity index (χ0n) is 16.1. The third-order valence-corrected chi connectivity index (χ3v) is 4.81. The normalized spacial score (nSPS) is 11.5. The lowest BCUT2D eigenvalue weighted by Crippen LogP contribution is -2.37. The lowest BCUT2D eigenvalue weighted by molar-refractivity contribution is -0.0915. The van der Waals surface area contributed by atoms with Crippen LogP contribution in [0.1, 0.15) is 5.56 Å². The standard InChI is InChI=1S/C18H22ClN5O4/c1-22-15-14(16(25)23(2)18(22)26)24(10-11-5-7-12(19)8-6-11)17(21-15)20-9-13(27-3)28-4/h5-8,13H,9-10H2,1-4H3,(H,20,21). The fourth-order valence-corrected chi connectivity index (χ4v) is 3.07. The summed E-state index contributed by atoms with van der Waals surface area (Å²) in [6.45, 7) is 0.680. The van der Waals surface area contributed by atoms with Gasteiger partial charge in [-0.2, -0.15) is 4.98 Å². The van der Waals surface area contributed by atoms with Crippen LogP contribution in [0.3, 0.4) is 0 Å². The van der Waals surface area contributed by atoms with Gasteiger partial charge in [0.25, 0.3) is 5.56 Å². The van der Waals surface area contributed by atoms with E-state index in [1.165, 1.54) is 25.8 Å². The zero-order chi connectivity index (χ0) is 20.4. The maximum Gasteiger partial charge on any atom is 0.332 e. The van der Waals surface area contributed by atoms with Crippen LogP contribution in [0.4, 0.5) is 5.95 Å². The van der Waals surface area contributed by atoms with E-state index < -0.39 is 17.5 Å². The molecule has 0 amide bonds. The first-order valence-electron chi connectivity index (χ1n) is 8.57. The Bertz CT molecular complexity index is 1100. The third kappa shape index (κ3) is 3.68. The predicted molar refractivity (Wildman–Crippen MR) is 107 cm³/mol. The van der Waals surface area contributed by atoms with Gasteiger partial charge in [0.15, 0.2) is 17.5 Å². The van der Waals surface area contributed by atoms with Gasteiger partial charge in [-0.05, 0) is 17.7 Å². The summed E-state index contributed by atoms with van der Waals surface area (Å²) in [5.74, 6) is 0.433. The quantitative estimate of drug-likeness (QED) is 0.591. The molecule has 0 aliphatic rings. The van der Waals surface area contributed by atoms with Crippen molar-refractivity contribution in [3.05, 3.63) is 55.7 Å². The SMILES string of the molecule is COC(CNc1nc2c(c(=O)n(C)c(=O)n2C)n1Cc1ccc(Cl)cc1)OC. The number of methoxy groups -OCH3 is 2. The number of halogens is 1. The minimum atomic E-state index is -0.490. The molecule has 3 aromatic rings. The Hall–Kier alpha value is -2.62. The summed E-state index contributed by atoms with van der Waals surface area (Å²) in [6.07, 6.45) is -0.490. The number of hydrogen-bond donors (Lipinski definition) is 1. The monoisotopic (exact) mass is 407 g/mol. The molecule has 0 spiro atoms. The van der Waals surface area contributed by atoms with Gasteiger partial charge in [0.2, 0.25) is 5.95 Å². The van der Waals surface area contributed by atoms with Gasteiger partial charge in [0.1, 0.15) is 0 Å². The first-order chi connectivity index (χ1) is 13.4. The van der Waals surface area contributed by atoms with Crippen molar-refractivity contribution in [2.24, 2.45) is 14.1 Å². The molecule has 150 valence electrons. The lowest BCUT2D eigenvalue weighted by Gasteiger charge is -2.15. The van der Waals surface area contributed by atoms with Crippen LogP contribution in [-0.2, 0) is 30.1 Å². The molecule has 2 heterocycles. The summed E-state index contributed by atoms with van der Waals surface area (Å²) in [5.41, 5.74) is 0.705. The van der Waals surface area contributed by atoms with E-state index in [1.807, 2.05) is 12.1 Å². The van der Waals surface area contributed by atoms with Crippen molar-refractivity contribution in [1.29, 1.82) is 0 Å². The van der Waals surface area contributed by atoms with Crippen molar-refractivity contribution in [3.8, 4) is 0 Å². The lowest BCUT2D eigenvalue weighted by atomic mass is 10.2. The fraction of sp³-hybridized carbons (Fsp3) is 0.389. The number of nitrogens with one attached hydrogen (secondary N) is 1. The molecule has 28 heavy (non-hydrogen) atoms. The van der Waals surface area contributed by atoms with Crippen LogP contribution in [0.5, 0.6) is 0 Å². The van der Waals surface area contributed by atoms with Crippen molar-refractivity contribution in [1.82, 2.24) is 18.7 Å². The number of anilines is 1. The van der Waals surface area contributed by atoms with Crippen molar-refractivity contribution < 1.29 is 9.47 Å². The molecule has 10 heteroatoms. The van der Waals surface area contributed by atoms with Crippen LogP contribution >= 0.6 is 11.6 Å². The van der Waals surface area contributed by atoms with E-state index in [2.05, 4.69) is 10.3 Å². The summed E-state index contributed by atoms with van der Waals surface area (Å²) in [4.78, 5) is 29.6. The highest BCUT2D eigenvalue weighted by Crippen LogP contribution is 2.19. The molecule has 0 atom stereocenters. The first-order valence-corrected chi connectivity index (χ1v) is 8.95. The van der Waals surface area contributed by atoms with Gasteiger partial charge >= 0.3 is 5.69 Å². The van der Waals surface area contributed by atoms with E-state index in [9.17, 15) is 9.59 Å². The zero-order valence-corrected chi connectivity index (χ0v) is 16.9. The number of fused-ring (bicyclic) bond motifs is 1. The molecule has 9 nitrogen and oxygen atoms in total. The highest BCUT2D eigenvalue weighted by atomic mass is 35.5. The molecule has 0 aliphatic carbocycles. The summed E-state index contributed by atoms with van der Waals surface area (Å²) >= 11 is 5.97. The number of ether oxygens (including phenoxy) is 2. The summed E-state index contributed by atoms with van der Waals surface area (Å²) in [5, 5.41) is 3.77. The van der Waals surface area contributed by atoms with Gasteiger partial charge in [-0.15, -0.1) is 0 Å². The Morgan fingerprint density at radius 2 is 1.75 bits per heavy atom. The maximum absolute atomic E-state index is 12.8. The number of aromatic nitrogens is 4. The van der Waals surface area contributed by atoms with E-state index in [1.54, 1.807) is 23.7 Å². The van der Waals surface area contributed by atoms with Crippen molar-refractivity contribution >= 4 is 28.7 Å².